The number of ether oxygens (including phenoxy) is 1. The molecule has 18 heavy (non-hydrogen) atoms. The molecule has 0 saturated carbocycles. The Bertz CT molecular complexity index is 496. The third-order valence-corrected chi connectivity index (χ3v) is 3.26. The SMILES string of the molecule is COc1cc(C(C2=CC(C)(C)ON2)S(=O)[O-])on1. The molecule has 0 radical (unpaired) electrons. The second kappa shape index (κ2) is 4.71. The fraction of sp³-hybridized carbons (Fsp3) is 0.500. The van der Waals surface area contributed by atoms with Crippen molar-refractivity contribution in [2.45, 2.75) is 24.7 Å². The minimum absolute atomic E-state index is 0.167. The summed E-state index contributed by atoms with van der Waals surface area (Å²) in [4.78, 5) is 5.23. The Labute approximate surface area is 106 Å². The summed E-state index contributed by atoms with van der Waals surface area (Å²) in [6, 6.07) is 1.42. The third-order valence-electron chi connectivity index (χ3n) is 2.38. The molecular formula is C10H13N2O5S-. The number of nitrogens with one attached hydrogen (secondary N) is 1. The number of hydroxylamine groups is 1. The van der Waals surface area contributed by atoms with Gasteiger partial charge >= 0.3 is 0 Å². The first kappa shape index (κ1) is 13.1. The second-order valence-electron chi connectivity index (χ2n) is 4.32. The molecule has 2 atom stereocenters. The number of hydrogen-bond acceptors (Lipinski definition) is 7. The Kier molecular flexibility index (Phi) is 3.42. The van der Waals surface area contributed by atoms with Crippen LogP contribution < -0.4 is 10.2 Å². The summed E-state index contributed by atoms with van der Waals surface area (Å²) in [5.74, 6) is 0.388. The zero-order valence-corrected chi connectivity index (χ0v) is 10.9. The molecular weight excluding hydrogens is 260 g/mol. The Morgan fingerprint density at radius 2 is 2.33 bits per heavy atom. The molecule has 1 N–H and O–H groups in total. The van der Waals surface area contributed by atoms with Crippen LogP contribution in [-0.4, -0.2) is 26.6 Å². The van der Waals surface area contributed by atoms with E-state index in [-0.39, 0.29) is 11.6 Å². The molecule has 2 unspecified atom stereocenters. The van der Waals surface area contributed by atoms with E-state index in [2.05, 4.69) is 10.6 Å². The molecule has 1 aliphatic rings. The monoisotopic (exact) mass is 273 g/mol. The highest BCUT2D eigenvalue weighted by atomic mass is 32.2. The van der Waals surface area contributed by atoms with E-state index in [1.54, 1.807) is 19.9 Å². The Hall–Kier alpha value is -1.38. The van der Waals surface area contributed by atoms with Gasteiger partial charge in [-0.2, -0.15) is 0 Å². The lowest BCUT2D eigenvalue weighted by Crippen LogP contribution is -2.22. The topological polar surface area (TPSA) is 96.7 Å². The molecule has 1 aromatic rings. The van der Waals surface area contributed by atoms with E-state index in [0.29, 0.717) is 5.70 Å². The van der Waals surface area contributed by atoms with Gasteiger partial charge in [0, 0.05) is 6.07 Å². The smallest absolute Gasteiger partial charge is 0.254 e. The Morgan fingerprint density at radius 3 is 2.78 bits per heavy atom. The molecule has 100 valence electrons. The molecule has 0 aliphatic carbocycles. The fourth-order valence-corrected chi connectivity index (χ4v) is 2.22. The van der Waals surface area contributed by atoms with Gasteiger partial charge in [0.2, 0.25) is 0 Å². The van der Waals surface area contributed by atoms with Crippen LogP contribution in [0.25, 0.3) is 0 Å². The summed E-state index contributed by atoms with van der Waals surface area (Å²) in [5.41, 5.74) is 2.42. The van der Waals surface area contributed by atoms with Crippen molar-refractivity contribution in [3.63, 3.8) is 0 Å². The highest BCUT2D eigenvalue weighted by Crippen LogP contribution is 2.33. The molecule has 0 amide bonds. The van der Waals surface area contributed by atoms with Crippen molar-refractivity contribution in [1.29, 1.82) is 0 Å². The van der Waals surface area contributed by atoms with Crippen LogP contribution in [0.5, 0.6) is 5.88 Å². The van der Waals surface area contributed by atoms with Gasteiger partial charge < -0.3 is 13.8 Å². The summed E-state index contributed by atoms with van der Waals surface area (Å²) in [5, 5.41) is 2.58. The van der Waals surface area contributed by atoms with Crippen molar-refractivity contribution in [2.75, 3.05) is 7.11 Å². The minimum Gasteiger partial charge on any atom is -0.771 e. The van der Waals surface area contributed by atoms with Crippen molar-refractivity contribution in [1.82, 2.24) is 10.6 Å². The molecule has 1 aromatic heterocycles. The normalized spacial score (nSPS) is 21.0. The van der Waals surface area contributed by atoms with Crippen LogP contribution in [0.2, 0.25) is 0 Å². The van der Waals surface area contributed by atoms with Gasteiger partial charge in [-0.05, 0) is 36.2 Å². The van der Waals surface area contributed by atoms with E-state index in [1.165, 1.54) is 13.2 Å². The van der Waals surface area contributed by atoms with E-state index in [1.807, 2.05) is 0 Å². The van der Waals surface area contributed by atoms with E-state index >= 15 is 0 Å². The highest BCUT2D eigenvalue weighted by Gasteiger charge is 2.32. The Morgan fingerprint density at radius 1 is 1.61 bits per heavy atom. The lowest BCUT2D eigenvalue weighted by Gasteiger charge is -2.17. The van der Waals surface area contributed by atoms with E-state index < -0.39 is 21.9 Å². The van der Waals surface area contributed by atoms with E-state index in [9.17, 15) is 8.76 Å². The Balaban J connectivity index is 2.32. The second-order valence-corrected chi connectivity index (χ2v) is 5.31. The molecule has 8 heteroatoms. The van der Waals surface area contributed by atoms with Crippen molar-refractivity contribution in [3.8, 4) is 5.88 Å². The van der Waals surface area contributed by atoms with Crippen LogP contribution in [0.3, 0.4) is 0 Å². The first-order valence-electron chi connectivity index (χ1n) is 5.18. The van der Waals surface area contributed by atoms with Gasteiger partial charge in [-0.1, -0.05) is 0 Å². The van der Waals surface area contributed by atoms with Crippen molar-refractivity contribution < 1.29 is 22.9 Å². The highest BCUT2D eigenvalue weighted by molar-refractivity contribution is 7.79. The number of aromatic nitrogens is 1. The summed E-state index contributed by atoms with van der Waals surface area (Å²) in [6.45, 7) is 3.61. The number of rotatable bonds is 4. The lowest BCUT2D eigenvalue weighted by atomic mass is 10.1. The average molecular weight is 273 g/mol. The molecule has 0 aromatic carbocycles. The van der Waals surface area contributed by atoms with Crippen molar-refractivity contribution in [2.24, 2.45) is 0 Å². The van der Waals surface area contributed by atoms with Gasteiger partial charge in [-0.15, -0.1) is 0 Å². The van der Waals surface area contributed by atoms with Crippen LogP contribution in [0.4, 0.5) is 0 Å². The van der Waals surface area contributed by atoms with Crippen LogP contribution in [-0.2, 0) is 15.9 Å². The molecule has 2 rings (SSSR count). The predicted octanol–water partition coefficient (Wildman–Crippen LogP) is 0.801. The fourth-order valence-electron chi connectivity index (χ4n) is 1.60. The lowest BCUT2D eigenvalue weighted by molar-refractivity contribution is -0.0161. The average Bonchev–Trinajstić information content (AvgIpc) is 2.86. The zero-order chi connectivity index (χ0) is 13.3. The van der Waals surface area contributed by atoms with Crippen molar-refractivity contribution >= 4 is 11.1 Å². The predicted molar refractivity (Wildman–Crippen MR) is 61.1 cm³/mol. The standard InChI is InChI=1S/C10H14N2O5S/c1-10(2)5-6(11-17-10)9(18(13)14)7-4-8(15-3)12-16-7/h4-5,9,11H,1-3H3,(H,13,14)/p-1. The van der Waals surface area contributed by atoms with Gasteiger partial charge in [0.15, 0.2) is 5.76 Å². The van der Waals surface area contributed by atoms with Gasteiger partial charge in [0.1, 0.15) is 10.9 Å². The van der Waals surface area contributed by atoms with Crippen LogP contribution in [0.15, 0.2) is 22.4 Å². The van der Waals surface area contributed by atoms with Crippen LogP contribution in [0, 0.1) is 0 Å². The van der Waals surface area contributed by atoms with Crippen LogP contribution in [0.1, 0.15) is 24.9 Å². The number of methoxy groups -OCH3 is 1. The van der Waals surface area contributed by atoms with E-state index in [4.69, 9.17) is 14.1 Å². The molecule has 0 fully saturated rings. The number of nitrogens with zero attached hydrogens (tertiary/aromatic N) is 1. The van der Waals surface area contributed by atoms with Gasteiger partial charge in [-0.3, -0.25) is 14.5 Å². The molecule has 2 heterocycles. The zero-order valence-electron chi connectivity index (χ0n) is 10.1. The molecule has 1 aliphatic heterocycles. The van der Waals surface area contributed by atoms with Crippen molar-refractivity contribution in [3.05, 3.63) is 23.6 Å². The van der Waals surface area contributed by atoms with Crippen LogP contribution >= 0.6 is 0 Å². The minimum atomic E-state index is -2.42. The maximum Gasteiger partial charge on any atom is 0.254 e. The summed E-state index contributed by atoms with van der Waals surface area (Å²) >= 11 is -2.42. The molecule has 7 nitrogen and oxygen atoms in total. The third kappa shape index (κ3) is 2.55. The molecule has 0 saturated heterocycles. The van der Waals surface area contributed by atoms with E-state index in [0.717, 1.165) is 0 Å². The first-order valence-corrected chi connectivity index (χ1v) is 6.32. The largest absolute Gasteiger partial charge is 0.771 e. The summed E-state index contributed by atoms with van der Waals surface area (Å²) in [6.07, 6.45) is 1.68. The number of hydrogen-bond donors (Lipinski definition) is 1. The molecule has 0 bridgehead atoms. The van der Waals surface area contributed by atoms with Gasteiger partial charge in [0.25, 0.3) is 5.88 Å². The maximum absolute atomic E-state index is 11.3. The summed E-state index contributed by atoms with van der Waals surface area (Å²) in [7, 11) is 1.42. The molecule has 0 spiro atoms. The first-order chi connectivity index (χ1) is 8.43. The quantitative estimate of drug-likeness (QED) is 0.810. The summed E-state index contributed by atoms with van der Waals surface area (Å²) < 4.78 is 32.5. The maximum atomic E-state index is 11.3. The van der Waals surface area contributed by atoms with Gasteiger partial charge in [0.05, 0.1) is 12.8 Å². The van der Waals surface area contributed by atoms with Gasteiger partial charge in [-0.25, -0.2) is 0 Å².